The maximum absolute atomic E-state index is 12.9. The largest absolute Gasteiger partial charge is 0.336 e. The van der Waals surface area contributed by atoms with Crippen molar-refractivity contribution in [1.82, 2.24) is 24.6 Å². The maximum Gasteiger partial charge on any atom is 0.254 e. The third-order valence-corrected chi connectivity index (χ3v) is 4.63. The average molecular weight is 299 g/mol. The standard InChI is InChI=1S/C15H17N5O2/c21-13-11-2-7-19(8-12(11)16-10-17-13)14(22)15(3-4-15)9-20-6-1-5-18-20/h1,5-6,10H,2-4,7-9H2,(H,16,17,21). The molecule has 4 rings (SSSR count). The Morgan fingerprint density at radius 1 is 1.41 bits per heavy atom. The normalized spacial score (nSPS) is 18.8. The van der Waals surface area contributed by atoms with Crippen molar-refractivity contribution in [3.8, 4) is 0 Å². The van der Waals surface area contributed by atoms with Gasteiger partial charge in [0.2, 0.25) is 5.91 Å². The highest BCUT2D eigenvalue weighted by atomic mass is 16.2. The van der Waals surface area contributed by atoms with E-state index in [9.17, 15) is 9.59 Å². The SMILES string of the molecule is O=C(N1CCc2c(nc[nH]c2=O)C1)C1(Cn2cccn2)CC1. The highest BCUT2D eigenvalue weighted by Crippen LogP contribution is 2.49. The van der Waals surface area contributed by atoms with E-state index in [1.54, 1.807) is 6.20 Å². The highest BCUT2D eigenvalue weighted by Gasteiger charge is 2.52. The fourth-order valence-electron chi connectivity index (χ4n) is 3.17. The summed E-state index contributed by atoms with van der Waals surface area (Å²) in [6.07, 6.45) is 7.40. The minimum atomic E-state index is -0.315. The topological polar surface area (TPSA) is 83.9 Å². The molecule has 0 atom stereocenters. The summed E-state index contributed by atoms with van der Waals surface area (Å²) in [5.74, 6) is 0.163. The summed E-state index contributed by atoms with van der Waals surface area (Å²) in [7, 11) is 0. The summed E-state index contributed by atoms with van der Waals surface area (Å²) < 4.78 is 1.83. The molecular formula is C15H17N5O2. The second-order valence-corrected chi connectivity index (χ2v) is 6.12. The summed E-state index contributed by atoms with van der Waals surface area (Å²) in [5.41, 5.74) is 1.03. The molecular weight excluding hydrogens is 282 g/mol. The van der Waals surface area contributed by atoms with E-state index in [0.29, 0.717) is 31.6 Å². The van der Waals surface area contributed by atoms with E-state index in [4.69, 9.17) is 0 Å². The molecule has 114 valence electrons. The van der Waals surface area contributed by atoms with Gasteiger partial charge in [-0.1, -0.05) is 0 Å². The molecule has 7 heteroatoms. The molecule has 0 radical (unpaired) electrons. The summed E-state index contributed by atoms with van der Waals surface area (Å²) in [4.78, 5) is 33.3. The lowest BCUT2D eigenvalue weighted by Crippen LogP contribution is -2.43. The molecule has 22 heavy (non-hydrogen) atoms. The molecule has 0 bridgehead atoms. The first-order chi connectivity index (χ1) is 10.7. The van der Waals surface area contributed by atoms with Crippen LogP contribution in [0.15, 0.2) is 29.6 Å². The molecule has 2 aliphatic rings. The molecule has 0 unspecified atom stereocenters. The van der Waals surface area contributed by atoms with Gasteiger partial charge in [0.25, 0.3) is 5.56 Å². The van der Waals surface area contributed by atoms with Gasteiger partial charge in [0.15, 0.2) is 0 Å². The third-order valence-electron chi connectivity index (χ3n) is 4.63. The first kappa shape index (κ1) is 13.2. The summed E-state index contributed by atoms with van der Waals surface area (Å²) in [6, 6.07) is 1.87. The van der Waals surface area contributed by atoms with Crippen molar-refractivity contribution in [2.45, 2.75) is 32.4 Å². The Morgan fingerprint density at radius 2 is 2.27 bits per heavy atom. The van der Waals surface area contributed by atoms with Crippen LogP contribution in [0.25, 0.3) is 0 Å². The van der Waals surface area contributed by atoms with Crippen molar-refractivity contribution in [2.75, 3.05) is 6.54 Å². The molecule has 1 N–H and O–H groups in total. The first-order valence-electron chi connectivity index (χ1n) is 7.50. The minimum absolute atomic E-state index is 0.0882. The molecule has 1 aliphatic carbocycles. The second-order valence-electron chi connectivity index (χ2n) is 6.12. The van der Waals surface area contributed by atoms with Crippen LogP contribution < -0.4 is 5.56 Å². The molecule has 1 saturated carbocycles. The summed E-state index contributed by atoms with van der Waals surface area (Å²) in [5, 5.41) is 4.20. The van der Waals surface area contributed by atoms with E-state index in [2.05, 4.69) is 15.1 Å². The van der Waals surface area contributed by atoms with Gasteiger partial charge < -0.3 is 9.88 Å². The Hall–Kier alpha value is -2.44. The number of aromatic nitrogens is 4. The quantitative estimate of drug-likeness (QED) is 0.885. The molecule has 3 heterocycles. The number of amides is 1. The number of carbonyl (C=O) groups is 1. The highest BCUT2D eigenvalue weighted by molar-refractivity contribution is 5.85. The third kappa shape index (κ3) is 2.13. The number of carbonyl (C=O) groups excluding carboxylic acids is 1. The van der Waals surface area contributed by atoms with Crippen molar-refractivity contribution in [3.63, 3.8) is 0 Å². The number of hydrogen-bond acceptors (Lipinski definition) is 4. The fraction of sp³-hybridized carbons (Fsp3) is 0.467. The molecule has 1 aliphatic heterocycles. The molecule has 1 amide bonds. The van der Waals surface area contributed by atoms with Crippen LogP contribution in [-0.2, 0) is 24.3 Å². The van der Waals surface area contributed by atoms with Gasteiger partial charge in [-0.15, -0.1) is 0 Å². The Morgan fingerprint density at radius 3 is 3.00 bits per heavy atom. The summed E-state index contributed by atoms with van der Waals surface area (Å²) in [6.45, 7) is 1.64. The Balaban J connectivity index is 1.53. The van der Waals surface area contributed by atoms with Crippen LogP contribution in [0.4, 0.5) is 0 Å². The van der Waals surface area contributed by atoms with Crippen LogP contribution in [-0.4, -0.2) is 37.1 Å². The van der Waals surface area contributed by atoms with Crippen molar-refractivity contribution in [2.24, 2.45) is 5.41 Å². The van der Waals surface area contributed by atoms with Crippen molar-refractivity contribution in [1.29, 1.82) is 0 Å². The molecule has 2 aromatic rings. The molecule has 0 spiro atoms. The van der Waals surface area contributed by atoms with E-state index in [1.807, 2.05) is 21.8 Å². The fourth-order valence-corrected chi connectivity index (χ4v) is 3.17. The van der Waals surface area contributed by atoms with E-state index in [1.165, 1.54) is 6.33 Å². The predicted octanol–water partition coefficient (Wildman–Crippen LogP) is 0.331. The van der Waals surface area contributed by atoms with Crippen LogP contribution >= 0.6 is 0 Å². The van der Waals surface area contributed by atoms with Gasteiger partial charge in [-0.3, -0.25) is 14.3 Å². The van der Waals surface area contributed by atoms with E-state index >= 15 is 0 Å². The van der Waals surface area contributed by atoms with Gasteiger partial charge in [0.05, 0.1) is 30.5 Å². The second kappa shape index (κ2) is 4.79. The first-order valence-corrected chi connectivity index (χ1v) is 7.50. The summed E-state index contributed by atoms with van der Waals surface area (Å²) >= 11 is 0. The van der Waals surface area contributed by atoms with Crippen LogP contribution in [0.5, 0.6) is 0 Å². The van der Waals surface area contributed by atoms with Crippen molar-refractivity contribution >= 4 is 5.91 Å². The zero-order valence-electron chi connectivity index (χ0n) is 12.2. The Bertz CT molecular complexity index is 760. The van der Waals surface area contributed by atoms with Crippen LogP contribution in [0.3, 0.4) is 0 Å². The van der Waals surface area contributed by atoms with E-state index in [-0.39, 0.29) is 16.9 Å². The predicted molar refractivity (Wildman–Crippen MR) is 77.9 cm³/mol. The van der Waals surface area contributed by atoms with Crippen LogP contribution in [0, 0.1) is 5.41 Å². The number of rotatable bonds is 3. The lowest BCUT2D eigenvalue weighted by Gasteiger charge is -2.30. The smallest absolute Gasteiger partial charge is 0.254 e. The Labute approximate surface area is 127 Å². The van der Waals surface area contributed by atoms with E-state index < -0.39 is 0 Å². The van der Waals surface area contributed by atoms with Crippen molar-refractivity contribution in [3.05, 3.63) is 46.4 Å². The average Bonchev–Trinajstić information content (AvgIpc) is 3.13. The van der Waals surface area contributed by atoms with Gasteiger partial charge in [0.1, 0.15) is 0 Å². The maximum atomic E-state index is 12.9. The van der Waals surface area contributed by atoms with Crippen LogP contribution in [0.2, 0.25) is 0 Å². The molecule has 1 fully saturated rings. The monoisotopic (exact) mass is 299 g/mol. The number of fused-ring (bicyclic) bond motifs is 1. The van der Waals surface area contributed by atoms with Crippen molar-refractivity contribution < 1.29 is 4.79 Å². The van der Waals surface area contributed by atoms with Crippen LogP contribution in [0.1, 0.15) is 24.1 Å². The van der Waals surface area contributed by atoms with Gasteiger partial charge in [0, 0.05) is 24.5 Å². The molecule has 2 aromatic heterocycles. The van der Waals surface area contributed by atoms with Gasteiger partial charge in [-0.25, -0.2) is 4.98 Å². The number of nitrogens with one attached hydrogen (secondary N) is 1. The van der Waals surface area contributed by atoms with Gasteiger partial charge in [-0.05, 0) is 25.3 Å². The van der Waals surface area contributed by atoms with E-state index in [0.717, 1.165) is 18.5 Å². The zero-order chi connectivity index (χ0) is 15.2. The number of H-pyrrole nitrogens is 1. The lowest BCUT2D eigenvalue weighted by molar-refractivity contribution is -0.138. The zero-order valence-corrected chi connectivity index (χ0v) is 12.2. The number of nitrogens with zero attached hydrogens (tertiary/aromatic N) is 4. The molecule has 0 aromatic carbocycles. The Kier molecular flexibility index (Phi) is 2.88. The van der Waals surface area contributed by atoms with Gasteiger partial charge in [-0.2, -0.15) is 5.10 Å². The number of hydrogen-bond donors (Lipinski definition) is 1. The lowest BCUT2D eigenvalue weighted by atomic mass is 10.0. The molecule has 0 saturated heterocycles. The van der Waals surface area contributed by atoms with Gasteiger partial charge >= 0.3 is 0 Å². The molecule has 7 nitrogen and oxygen atoms in total. The number of aromatic amines is 1. The minimum Gasteiger partial charge on any atom is -0.336 e.